The Morgan fingerprint density at radius 2 is 0.318 bits per heavy atom. The summed E-state index contributed by atoms with van der Waals surface area (Å²) in [5.41, 5.74) is 0. The van der Waals surface area contributed by atoms with Crippen LogP contribution in [0.25, 0.3) is 0 Å². The van der Waals surface area contributed by atoms with Crippen LogP contribution in [0.15, 0.2) is 0 Å². The molecule has 0 saturated heterocycles. The van der Waals surface area contributed by atoms with Gasteiger partial charge in [0.05, 0.1) is 0 Å². The average molecular weight is 620 g/mol. The second kappa shape index (κ2) is 41.0. The molecule has 1 heteroatoms. The van der Waals surface area contributed by atoms with E-state index in [4.69, 9.17) is 0 Å². The molecular formula is C43H89N. The van der Waals surface area contributed by atoms with Gasteiger partial charge in [0.2, 0.25) is 0 Å². The normalized spacial score (nSPS) is 11.7. The third kappa shape index (κ3) is 38.1. The van der Waals surface area contributed by atoms with Crippen LogP contribution in [0.2, 0.25) is 0 Å². The predicted octanol–water partition coefficient (Wildman–Crippen LogP) is 15.8. The highest BCUT2D eigenvalue weighted by Gasteiger charge is 2.05. The first kappa shape index (κ1) is 44.0. The molecule has 0 aliphatic heterocycles. The quantitative estimate of drug-likeness (QED) is 0.0617. The molecule has 0 unspecified atom stereocenters. The smallest absolute Gasteiger partial charge is 0.00187 e. The van der Waals surface area contributed by atoms with Crippen LogP contribution in [0.4, 0.5) is 0 Å². The van der Waals surface area contributed by atoms with Gasteiger partial charge in [0, 0.05) is 0 Å². The zero-order valence-corrected chi connectivity index (χ0v) is 31.7. The van der Waals surface area contributed by atoms with Crippen LogP contribution < -0.4 is 0 Å². The molecule has 0 aliphatic rings. The lowest BCUT2D eigenvalue weighted by Gasteiger charge is -2.22. The van der Waals surface area contributed by atoms with Crippen molar-refractivity contribution in [2.45, 2.75) is 258 Å². The molecule has 0 aliphatic carbocycles. The molecule has 0 rings (SSSR count). The van der Waals surface area contributed by atoms with Crippen molar-refractivity contribution in [2.75, 3.05) is 19.6 Å². The van der Waals surface area contributed by atoms with E-state index >= 15 is 0 Å². The zero-order valence-electron chi connectivity index (χ0n) is 31.7. The Labute approximate surface area is 282 Å². The van der Waals surface area contributed by atoms with E-state index in [-0.39, 0.29) is 0 Å². The molecule has 0 N–H and O–H groups in total. The highest BCUT2D eigenvalue weighted by atomic mass is 15.1. The van der Waals surface area contributed by atoms with Gasteiger partial charge in [0.1, 0.15) is 0 Å². The Hall–Kier alpha value is -0.0400. The number of rotatable bonds is 40. The van der Waals surface area contributed by atoms with Crippen LogP contribution >= 0.6 is 0 Å². The van der Waals surface area contributed by atoms with Crippen molar-refractivity contribution in [3.63, 3.8) is 0 Å². The molecule has 0 aromatic heterocycles. The van der Waals surface area contributed by atoms with Crippen LogP contribution in [-0.2, 0) is 0 Å². The summed E-state index contributed by atoms with van der Waals surface area (Å²) >= 11 is 0. The SMILES string of the molecule is CCCCCCCCCCCCCCCCCN(CCCCCCCCC)CCCCCCCCCCCCCCCCC. The third-order valence-corrected chi connectivity index (χ3v) is 10.2. The lowest BCUT2D eigenvalue weighted by atomic mass is 10.0. The standard InChI is InChI=1S/C43H89N/c1-4-7-10-13-16-18-20-22-24-26-28-30-33-36-39-42-44(41-38-35-32-15-12-9-6-3)43-40-37-34-31-29-27-25-23-21-19-17-14-11-8-5-2/h4-43H2,1-3H3. The maximum absolute atomic E-state index is 2.86. The first-order valence-corrected chi connectivity index (χ1v) is 21.6. The van der Waals surface area contributed by atoms with Crippen molar-refractivity contribution in [3.05, 3.63) is 0 Å². The molecule has 0 heterocycles. The second-order valence-electron chi connectivity index (χ2n) is 14.9. The molecule has 0 saturated carbocycles. The van der Waals surface area contributed by atoms with Gasteiger partial charge in [-0.25, -0.2) is 0 Å². The molecule has 0 radical (unpaired) electrons. The molecule has 0 aromatic carbocycles. The van der Waals surface area contributed by atoms with Crippen LogP contribution in [0, 0.1) is 0 Å². The van der Waals surface area contributed by atoms with Gasteiger partial charge in [0.15, 0.2) is 0 Å². The maximum Gasteiger partial charge on any atom is -0.00187 e. The van der Waals surface area contributed by atoms with Gasteiger partial charge in [0.25, 0.3) is 0 Å². The van der Waals surface area contributed by atoms with Crippen LogP contribution in [0.3, 0.4) is 0 Å². The summed E-state index contributed by atoms with van der Waals surface area (Å²) in [5.74, 6) is 0. The minimum absolute atomic E-state index is 1.37. The highest BCUT2D eigenvalue weighted by Crippen LogP contribution is 2.16. The minimum atomic E-state index is 1.37. The van der Waals surface area contributed by atoms with E-state index in [1.54, 1.807) is 0 Å². The second-order valence-corrected chi connectivity index (χ2v) is 14.9. The molecule has 0 spiro atoms. The molecule has 0 amide bonds. The molecule has 0 atom stereocenters. The summed E-state index contributed by atoms with van der Waals surface area (Å²) in [5, 5.41) is 0. The van der Waals surface area contributed by atoms with Gasteiger partial charge in [-0.3, -0.25) is 0 Å². The van der Waals surface area contributed by atoms with Crippen LogP contribution in [-0.4, -0.2) is 24.5 Å². The molecule has 44 heavy (non-hydrogen) atoms. The van der Waals surface area contributed by atoms with E-state index in [2.05, 4.69) is 25.7 Å². The minimum Gasteiger partial charge on any atom is -0.303 e. The largest absolute Gasteiger partial charge is 0.303 e. The van der Waals surface area contributed by atoms with Crippen LogP contribution in [0.5, 0.6) is 0 Å². The molecule has 0 bridgehead atoms. The van der Waals surface area contributed by atoms with Gasteiger partial charge < -0.3 is 4.90 Å². The summed E-state index contributed by atoms with van der Waals surface area (Å²) in [6.07, 6.45) is 54.1. The van der Waals surface area contributed by atoms with Crippen molar-refractivity contribution in [2.24, 2.45) is 0 Å². The average Bonchev–Trinajstić information content (AvgIpc) is 3.03. The summed E-state index contributed by atoms with van der Waals surface area (Å²) < 4.78 is 0. The van der Waals surface area contributed by atoms with Crippen molar-refractivity contribution in [3.8, 4) is 0 Å². The Bertz CT molecular complexity index is 440. The highest BCUT2D eigenvalue weighted by molar-refractivity contribution is 4.61. The molecular weight excluding hydrogens is 530 g/mol. The van der Waals surface area contributed by atoms with E-state index in [0.717, 1.165) is 0 Å². The molecule has 0 aromatic rings. The predicted molar refractivity (Wildman–Crippen MR) is 204 cm³/mol. The molecule has 266 valence electrons. The van der Waals surface area contributed by atoms with E-state index in [9.17, 15) is 0 Å². The Kier molecular flexibility index (Phi) is 40.9. The monoisotopic (exact) mass is 620 g/mol. The van der Waals surface area contributed by atoms with Crippen molar-refractivity contribution in [1.29, 1.82) is 0 Å². The fourth-order valence-electron chi connectivity index (χ4n) is 7.04. The van der Waals surface area contributed by atoms with Gasteiger partial charge in [-0.15, -0.1) is 0 Å². The van der Waals surface area contributed by atoms with E-state index < -0.39 is 0 Å². The van der Waals surface area contributed by atoms with Gasteiger partial charge in [-0.1, -0.05) is 239 Å². The maximum atomic E-state index is 2.86. The number of nitrogens with zero attached hydrogens (tertiary/aromatic N) is 1. The Morgan fingerprint density at radius 1 is 0.182 bits per heavy atom. The fraction of sp³-hybridized carbons (Fsp3) is 1.00. The molecule has 1 nitrogen and oxygen atoms in total. The number of unbranched alkanes of at least 4 members (excludes halogenated alkanes) is 34. The van der Waals surface area contributed by atoms with Crippen LogP contribution in [0.1, 0.15) is 258 Å². The van der Waals surface area contributed by atoms with Gasteiger partial charge in [-0.05, 0) is 38.9 Å². The summed E-state index contributed by atoms with van der Waals surface area (Å²) in [6.45, 7) is 11.1. The van der Waals surface area contributed by atoms with E-state index in [0.29, 0.717) is 0 Å². The molecule has 0 fully saturated rings. The fourth-order valence-corrected chi connectivity index (χ4v) is 7.04. The first-order chi connectivity index (χ1) is 21.8. The third-order valence-electron chi connectivity index (χ3n) is 10.2. The van der Waals surface area contributed by atoms with Gasteiger partial charge in [-0.2, -0.15) is 0 Å². The van der Waals surface area contributed by atoms with Gasteiger partial charge >= 0.3 is 0 Å². The lowest BCUT2D eigenvalue weighted by Crippen LogP contribution is -2.27. The van der Waals surface area contributed by atoms with Crippen molar-refractivity contribution in [1.82, 2.24) is 4.90 Å². The van der Waals surface area contributed by atoms with Crippen molar-refractivity contribution >= 4 is 0 Å². The zero-order chi connectivity index (χ0) is 31.9. The number of hydrogen-bond acceptors (Lipinski definition) is 1. The number of hydrogen-bond donors (Lipinski definition) is 0. The topological polar surface area (TPSA) is 3.24 Å². The van der Waals surface area contributed by atoms with E-state index in [1.807, 2.05) is 0 Å². The van der Waals surface area contributed by atoms with E-state index in [1.165, 1.54) is 257 Å². The Balaban J connectivity index is 3.78. The first-order valence-electron chi connectivity index (χ1n) is 21.6. The van der Waals surface area contributed by atoms with Crippen molar-refractivity contribution < 1.29 is 0 Å². The summed E-state index contributed by atoms with van der Waals surface area (Å²) in [4.78, 5) is 2.86. The Morgan fingerprint density at radius 3 is 0.477 bits per heavy atom. The lowest BCUT2D eigenvalue weighted by molar-refractivity contribution is 0.254. The summed E-state index contributed by atoms with van der Waals surface area (Å²) in [6, 6.07) is 0. The summed E-state index contributed by atoms with van der Waals surface area (Å²) in [7, 11) is 0.